The summed E-state index contributed by atoms with van der Waals surface area (Å²) in [5.74, 6) is 0. The SMILES string of the molecule is Cc1cccc(CN(C)c2ccc(CCN)cc2C)n1. The van der Waals surface area contributed by atoms with Gasteiger partial charge in [-0.3, -0.25) is 4.98 Å². The summed E-state index contributed by atoms with van der Waals surface area (Å²) in [6.45, 7) is 5.69. The van der Waals surface area contributed by atoms with Gasteiger partial charge < -0.3 is 10.6 Å². The topological polar surface area (TPSA) is 42.1 Å². The molecule has 0 spiro atoms. The number of nitrogens with two attached hydrogens (primary N) is 1. The molecule has 0 bridgehead atoms. The van der Waals surface area contributed by atoms with Crippen LogP contribution in [0.3, 0.4) is 0 Å². The molecular weight excluding hydrogens is 246 g/mol. The van der Waals surface area contributed by atoms with Crippen molar-refractivity contribution in [1.82, 2.24) is 4.98 Å². The van der Waals surface area contributed by atoms with Gasteiger partial charge in [0.25, 0.3) is 0 Å². The molecule has 0 radical (unpaired) electrons. The molecule has 0 aliphatic heterocycles. The molecule has 0 saturated heterocycles. The molecule has 1 aromatic carbocycles. The van der Waals surface area contributed by atoms with Gasteiger partial charge in [-0.1, -0.05) is 18.2 Å². The molecule has 2 N–H and O–H groups in total. The average molecular weight is 269 g/mol. The average Bonchev–Trinajstić information content (AvgIpc) is 2.39. The molecule has 2 rings (SSSR count). The molecule has 20 heavy (non-hydrogen) atoms. The van der Waals surface area contributed by atoms with Crippen LogP contribution >= 0.6 is 0 Å². The highest BCUT2D eigenvalue weighted by Crippen LogP contribution is 2.21. The summed E-state index contributed by atoms with van der Waals surface area (Å²) >= 11 is 0. The number of pyridine rings is 1. The number of aryl methyl sites for hydroxylation is 2. The Hall–Kier alpha value is -1.87. The van der Waals surface area contributed by atoms with E-state index < -0.39 is 0 Å². The minimum absolute atomic E-state index is 0.696. The Bertz CT molecular complexity index is 578. The van der Waals surface area contributed by atoms with E-state index in [2.05, 4.69) is 54.2 Å². The third-order valence-corrected chi connectivity index (χ3v) is 3.45. The maximum absolute atomic E-state index is 5.61. The van der Waals surface area contributed by atoms with E-state index in [0.717, 1.165) is 24.4 Å². The number of hydrogen-bond acceptors (Lipinski definition) is 3. The van der Waals surface area contributed by atoms with Crippen LogP contribution < -0.4 is 10.6 Å². The highest BCUT2D eigenvalue weighted by Gasteiger charge is 2.07. The van der Waals surface area contributed by atoms with E-state index >= 15 is 0 Å². The van der Waals surface area contributed by atoms with Crippen LogP contribution in [-0.4, -0.2) is 18.6 Å². The smallest absolute Gasteiger partial charge is 0.0600 e. The van der Waals surface area contributed by atoms with Crippen molar-refractivity contribution < 1.29 is 0 Å². The second-order valence-corrected chi connectivity index (χ2v) is 5.29. The van der Waals surface area contributed by atoms with Crippen molar-refractivity contribution in [2.24, 2.45) is 5.73 Å². The predicted octanol–water partition coefficient (Wildman–Crippen LogP) is 2.84. The Labute approximate surface area is 121 Å². The highest BCUT2D eigenvalue weighted by atomic mass is 15.1. The summed E-state index contributed by atoms with van der Waals surface area (Å²) in [4.78, 5) is 6.80. The van der Waals surface area contributed by atoms with Crippen LogP contribution in [0.1, 0.15) is 22.5 Å². The van der Waals surface area contributed by atoms with E-state index in [1.165, 1.54) is 16.8 Å². The number of anilines is 1. The van der Waals surface area contributed by atoms with Gasteiger partial charge in [0.15, 0.2) is 0 Å². The molecular formula is C17H23N3. The number of hydrogen-bond donors (Lipinski definition) is 1. The van der Waals surface area contributed by atoms with Crippen molar-refractivity contribution in [2.75, 3.05) is 18.5 Å². The quantitative estimate of drug-likeness (QED) is 0.907. The summed E-state index contributed by atoms with van der Waals surface area (Å²) in [7, 11) is 2.11. The van der Waals surface area contributed by atoms with Gasteiger partial charge in [-0.25, -0.2) is 0 Å². The van der Waals surface area contributed by atoms with Crippen molar-refractivity contribution >= 4 is 5.69 Å². The highest BCUT2D eigenvalue weighted by molar-refractivity contribution is 5.54. The second-order valence-electron chi connectivity index (χ2n) is 5.29. The van der Waals surface area contributed by atoms with Crippen LogP contribution in [0.4, 0.5) is 5.69 Å². The lowest BCUT2D eigenvalue weighted by Crippen LogP contribution is -2.18. The lowest BCUT2D eigenvalue weighted by atomic mass is 10.1. The van der Waals surface area contributed by atoms with Crippen molar-refractivity contribution in [3.05, 3.63) is 58.9 Å². The lowest BCUT2D eigenvalue weighted by Gasteiger charge is -2.22. The molecule has 0 aliphatic carbocycles. The van der Waals surface area contributed by atoms with Crippen LogP contribution in [0, 0.1) is 13.8 Å². The van der Waals surface area contributed by atoms with Crippen LogP contribution in [0.15, 0.2) is 36.4 Å². The van der Waals surface area contributed by atoms with Crippen molar-refractivity contribution in [3.63, 3.8) is 0 Å². The summed E-state index contributed by atoms with van der Waals surface area (Å²) in [6, 6.07) is 12.7. The normalized spacial score (nSPS) is 10.6. The Morgan fingerprint density at radius 2 is 1.95 bits per heavy atom. The van der Waals surface area contributed by atoms with E-state index in [1.807, 2.05) is 13.0 Å². The molecule has 0 amide bonds. The van der Waals surface area contributed by atoms with Crippen LogP contribution in [0.2, 0.25) is 0 Å². The molecule has 1 heterocycles. The first-order chi connectivity index (χ1) is 9.60. The molecule has 0 fully saturated rings. The molecule has 0 saturated carbocycles. The zero-order valence-corrected chi connectivity index (χ0v) is 12.6. The van der Waals surface area contributed by atoms with E-state index in [1.54, 1.807) is 0 Å². The van der Waals surface area contributed by atoms with E-state index in [4.69, 9.17) is 5.73 Å². The first-order valence-corrected chi connectivity index (χ1v) is 7.03. The number of rotatable bonds is 5. The maximum Gasteiger partial charge on any atom is 0.0600 e. The number of aromatic nitrogens is 1. The van der Waals surface area contributed by atoms with E-state index in [-0.39, 0.29) is 0 Å². The molecule has 1 aromatic heterocycles. The van der Waals surface area contributed by atoms with Gasteiger partial charge in [0.05, 0.1) is 12.2 Å². The van der Waals surface area contributed by atoms with Crippen molar-refractivity contribution in [3.8, 4) is 0 Å². The summed E-state index contributed by atoms with van der Waals surface area (Å²) < 4.78 is 0. The largest absolute Gasteiger partial charge is 0.368 e. The van der Waals surface area contributed by atoms with Crippen LogP contribution in [0.5, 0.6) is 0 Å². The van der Waals surface area contributed by atoms with Gasteiger partial charge in [-0.2, -0.15) is 0 Å². The van der Waals surface area contributed by atoms with Crippen molar-refractivity contribution in [2.45, 2.75) is 26.8 Å². The first-order valence-electron chi connectivity index (χ1n) is 7.03. The maximum atomic E-state index is 5.61. The van der Waals surface area contributed by atoms with E-state index in [0.29, 0.717) is 6.54 Å². The van der Waals surface area contributed by atoms with E-state index in [9.17, 15) is 0 Å². The van der Waals surface area contributed by atoms with Gasteiger partial charge in [-0.15, -0.1) is 0 Å². The predicted molar refractivity (Wildman–Crippen MR) is 85.0 cm³/mol. The Morgan fingerprint density at radius 1 is 1.15 bits per heavy atom. The fourth-order valence-corrected chi connectivity index (χ4v) is 2.48. The van der Waals surface area contributed by atoms with Gasteiger partial charge in [0, 0.05) is 18.4 Å². The van der Waals surface area contributed by atoms with Crippen LogP contribution in [-0.2, 0) is 13.0 Å². The minimum Gasteiger partial charge on any atom is -0.368 e. The van der Waals surface area contributed by atoms with Crippen LogP contribution in [0.25, 0.3) is 0 Å². The van der Waals surface area contributed by atoms with Gasteiger partial charge in [0.2, 0.25) is 0 Å². The molecule has 3 nitrogen and oxygen atoms in total. The third-order valence-electron chi connectivity index (χ3n) is 3.45. The monoisotopic (exact) mass is 269 g/mol. The standard InChI is InChI=1S/C17H23N3/c1-13-11-15(9-10-18)7-8-17(13)20(3)12-16-6-4-5-14(2)19-16/h4-8,11H,9-10,12,18H2,1-3H3. The summed E-state index contributed by atoms with van der Waals surface area (Å²) in [5.41, 5.74) is 11.6. The Morgan fingerprint density at radius 3 is 2.60 bits per heavy atom. The first kappa shape index (κ1) is 14.5. The van der Waals surface area contributed by atoms with Gasteiger partial charge in [0.1, 0.15) is 0 Å². The lowest BCUT2D eigenvalue weighted by molar-refractivity contribution is 0.871. The van der Waals surface area contributed by atoms with Gasteiger partial charge in [-0.05, 0) is 56.1 Å². The fraction of sp³-hybridized carbons (Fsp3) is 0.353. The molecule has 0 aliphatic rings. The zero-order valence-electron chi connectivity index (χ0n) is 12.6. The Balaban J connectivity index is 2.14. The number of nitrogens with zero attached hydrogens (tertiary/aromatic N) is 2. The zero-order chi connectivity index (χ0) is 14.5. The molecule has 2 aromatic rings. The van der Waals surface area contributed by atoms with Gasteiger partial charge >= 0.3 is 0 Å². The minimum atomic E-state index is 0.696. The summed E-state index contributed by atoms with van der Waals surface area (Å²) in [6.07, 6.45) is 0.935. The Kier molecular flexibility index (Phi) is 4.74. The third kappa shape index (κ3) is 3.58. The molecule has 0 atom stereocenters. The van der Waals surface area contributed by atoms with Crippen molar-refractivity contribution in [1.29, 1.82) is 0 Å². The molecule has 0 unspecified atom stereocenters. The number of benzene rings is 1. The molecule has 106 valence electrons. The second kappa shape index (κ2) is 6.53. The molecule has 3 heteroatoms. The summed E-state index contributed by atoms with van der Waals surface area (Å²) in [5, 5.41) is 0. The fourth-order valence-electron chi connectivity index (χ4n) is 2.48.